The number of amides is 2. The van der Waals surface area contributed by atoms with Crippen molar-refractivity contribution in [3.8, 4) is 18.1 Å². The largest absolute Gasteiger partial charge is 0.497 e. The fourth-order valence-electron chi connectivity index (χ4n) is 2.44. The summed E-state index contributed by atoms with van der Waals surface area (Å²) in [6.45, 7) is 2.11. The van der Waals surface area contributed by atoms with E-state index in [4.69, 9.17) is 11.2 Å². The van der Waals surface area contributed by atoms with Crippen LogP contribution in [0, 0.1) is 12.3 Å². The lowest BCUT2D eigenvalue weighted by Gasteiger charge is -2.34. The summed E-state index contributed by atoms with van der Waals surface area (Å²) in [5, 5.41) is 5.57. The van der Waals surface area contributed by atoms with E-state index >= 15 is 0 Å². The van der Waals surface area contributed by atoms with Crippen molar-refractivity contribution in [1.82, 2.24) is 10.6 Å². The van der Waals surface area contributed by atoms with Crippen LogP contribution in [0.2, 0.25) is 0 Å². The highest BCUT2D eigenvalue weighted by Crippen LogP contribution is 2.22. The first-order valence-corrected chi connectivity index (χ1v) is 7.09. The van der Waals surface area contributed by atoms with Crippen LogP contribution in [0.5, 0.6) is 5.75 Å². The Morgan fingerprint density at radius 2 is 2.05 bits per heavy atom. The van der Waals surface area contributed by atoms with Gasteiger partial charge < -0.3 is 20.3 Å². The second kappa shape index (κ2) is 7.44. The first-order valence-electron chi connectivity index (χ1n) is 7.09. The Hall–Kier alpha value is -2.35. The molecule has 0 unspecified atom stereocenters. The van der Waals surface area contributed by atoms with E-state index in [9.17, 15) is 4.79 Å². The maximum Gasteiger partial charge on any atom is 0.315 e. The second-order valence-electron chi connectivity index (χ2n) is 4.99. The van der Waals surface area contributed by atoms with E-state index in [0.717, 1.165) is 31.7 Å². The van der Waals surface area contributed by atoms with Crippen molar-refractivity contribution in [1.29, 1.82) is 0 Å². The molecule has 2 amide bonds. The van der Waals surface area contributed by atoms with Crippen LogP contribution in [-0.2, 0) is 0 Å². The number of ether oxygens (including phenoxy) is 1. The minimum Gasteiger partial charge on any atom is -0.497 e. The number of hydrogen-bond donors (Lipinski definition) is 2. The molecule has 0 spiro atoms. The van der Waals surface area contributed by atoms with E-state index in [1.54, 1.807) is 7.11 Å². The molecule has 112 valence electrons. The van der Waals surface area contributed by atoms with Gasteiger partial charge in [0.1, 0.15) is 5.75 Å². The predicted octanol–water partition coefficient (Wildman–Crippen LogP) is 1.60. The standard InChI is InChI=1S/C16H21N3O2/c1-3-10-17-16(20)18-13-8-11-19(12-9-13)14-4-6-15(21-2)7-5-14/h1,4-7,13H,8-12H2,2H3,(H2,17,18,20). The number of carbonyl (C=O) groups excluding carboxylic acids is 1. The summed E-state index contributed by atoms with van der Waals surface area (Å²) in [4.78, 5) is 13.9. The number of urea groups is 1. The summed E-state index contributed by atoms with van der Waals surface area (Å²) in [5.74, 6) is 3.24. The smallest absolute Gasteiger partial charge is 0.315 e. The van der Waals surface area contributed by atoms with Crippen molar-refractivity contribution in [3.05, 3.63) is 24.3 Å². The van der Waals surface area contributed by atoms with Crippen LogP contribution in [0.1, 0.15) is 12.8 Å². The molecule has 5 heteroatoms. The van der Waals surface area contributed by atoms with Crippen molar-refractivity contribution in [3.63, 3.8) is 0 Å². The van der Waals surface area contributed by atoms with Gasteiger partial charge in [-0.25, -0.2) is 4.79 Å². The van der Waals surface area contributed by atoms with Crippen molar-refractivity contribution < 1.29 is 9.53 Å². The lowest BCUT2D eigenvalue weighted by Crippen LogP contribution is -2.48. The number of anilines is 1. The maximum atomic E-state index is 11.5. The van der Waals surface area contributed by atoms with Crippen LogP contribution >= 0.6 is 0 Å². The van der Waals surface area contributed by atoms with Gasteiger partial charge in [0.05, 0.1) is 13.7 Å². The summed E-state index contributed by atoms with van der Waals surface area (Å²) in [6, 6.07) is 8.08. The molecule has 5 nitrogen and oxygen atoms in total. The molecular weight excluding hydrogens is 266 g/mol. The van der Waals surface area contributed by atoms with E-state index in [0.29, 0.717) is 0 Å². The molecule has 0 aromatic heterocycles. The fraction of sp³-hybridized carbons (Fsp3) is 0.438. The number of carbonyl (C=O) groups is 1. The SMILES string of the molecule is C#CCNC(=O)NC1CCN(c2ccc(OC)cc2)CC1. The number of methoxy groups -OCH3 is 1. The van der Waals surface area contributed by atoms with Gasteiger partial charge in [-0.05, 0) is 37.1 Å². The predicted molar refractivity (Wildman–Crippen MR) is 83.6 cm³/mol. The molecule has 1 aromatic carbocycles. The van der Waals surface area contributed by atoms with E-state index in [2.05, 4.69) is 33.6 Å². The zero-order valence-corrected chi connectivity index (χ0v) is 12.3. The number of piperidine rings is 1. The highest BCUT2D eigenvalue weighted by atomic mass is 16.5. The molecule has 1 heterocycles. The molecular formula is C16H21N3O2. The Balaban J connectivity index is 1.80. The number of hydrogen-bond acceptors (Lipinski definition) is 3. The second-order valence-corrected chi connectivity index (χ2v) is 4.99. The molecule has 1 aromatic rings. The Morgan fingerprint density at radius 3 is 2.62 bits per heavy atom. The molecule has 1 aliphatic rings. The average molecular weight is 287 g/mol. The number of benzene rings is 1. The lowest BCUT2D eigenvalue weighted by atomic mass is 10.0. The minimum atomic E-state index is -0.184. The highest BCUT2D eigenvalue weighted by molar-refractivity contribution is 5.74. The summed E-state index contributed by atoms with van der Waals surface area (Å²) < 4.78 is 5.16. The Kier molecular flexibility index (Phi) is 5.33. The highest BCUT2D eigenvalue weighted by Gasteiger charge is 2.20. The van der Waals surface area contributed by atoms with Crippen molar-refractivity contribution >= 4 is 11.7 Å². The molecule has 1 fully saturated rings. The van der Waals surface area contributed by atoms with Crippen LogP contribution in [0.15, 0.2) is 24.3 Å². The number of nitrogens with one attached hydrogen (secondary N) is 2. The number of terminal acetylenes is 1. The molecule has 0 aliphatic carbocycles. The lowest BCUT2D eigenvalue weighted by molar-refractivity contribution is 0.235. The van der Waals surface area contributed by atoms with Gasteiger partial charge in [0.2, 0.25) is 0 Å². The van der Waals surface area contributed by atoms with Gasteiger partial charge >= 0.3 is 6.03 Å². The van der Waals surface area contributed by atoms with E-state index in [-0.39, 0.29) is 18.6 Å². The monoisotopic (exact) mass is 287 g/mol. The van der Waals surface area contributed by atoms with Crippen LogP contribution in [0.25, 0.3) is 0 Å². The van der Waals surface area contributed by atoms with Gasteiger partial charge in [-0.2, -0.15) is 0 Å². The minimum absolute atomic E-state index is 0.184. The van der Waals surface area contributed by atoms with Crippen molar-refractivity contribution in [2.24, 2.45) is 0 Å². The van der Waals surface area contributed by atoms with Gasteiger partial charge in [0.15, 0.2) is 0 Å². The van der Waals surface area contributed by atoms with E-state index in [1.165, 1.54) is 5.69 Å². The molecule has 0 saturated carbocycles. The van der Waals surface area contributed by atoms with Gasteiger partial charge in [-0.15, -0.1) is 6.42 Å². The average Bonchev–Trinajstić information content (AvgIpc) is 2.54. The summed E-state index contributed by atoms with van der Waals surface area (Å²) in [7, 11) is 1.66. The van der Waals surface area contributed by atoms with Crippen molar-refractivity contribution in [2.75, 3.05) is 31.6 Å². The number of nitrogens with zero attached hydrogens (tertiary/aromatic N) is 1. The summed E-state index contributed by atoms with van der Waals surface area (Å²) >= 11 is 0. The van der Waals surface area contributed by atoms with Gasteiger partial charge in [-0.3, -0.25) is 0 Å². The zero-order valence-electron chi connectivity index (χ0n) is 12.3. The van der Waals surface area contributed by atoms with Gasteiger partial charge in [0, 0.05) is 24.8 Å². The first-order chi connectivity index (χ1) is 10.2. The third-order valence-corrected chi connectivity index (χ3v) is 3.62. The Labute approximate surface area is 125 Å². The fourth-order valence-corrected chi connectivity index (χ4v) is 2.44. The van der Waals surface area contributed by atoms with Crippen LogP contribution in [-0.4, -0.2) is 38.8 Å². The van der Waals surface area contributed by atoms with Crippen molar-refractivity contribution in [2.45, 2.75) is 18.9 Å². The van der Waals surface area contributed by atoms with Crippen LogP contribution < -0.4 is 20.3 Å². The van der Waals surface area contributed by atoms with Crippen LogP contribution in [0.3, 0.4) is 0 Å². The zero-order chi connectivity index (χ0) is 15.1. The summed E-state index contributed by atoms with van der Waals surface area (Å²) in [6.07, 6.45) is 6.96. The molecule has 2 N–H and O–H groups in total. The van der Waals surface area contributed by atoms with E-state index < -0.39 is 0 Å². The Morgan fingerprint density at radius 1 is 1.38 bits per heavy atom. The van der Waals surface area contributed by atoms with Gasteiger partial charge in [0.25, 0.3) is 0 Å². The topological polar surface area (TPSA) is 53.6 Å². The quantitative estimate of drug-likeness (QED) is 0.827. The molecule has 2 rings (SSSR count). The molecule has 1 saturated heterocycles. The third kappa shape index (κ3) is 4.32. The molecule has 1 aliphatic heterocycles. The molecule has 0 bridgehead atoms. The normalized spacial score (nSPS) is 15.1. The molecule has 0 radical (unpaired) electrons. The van der Waals surface area contributed by atoms with E-state index in [1.807, 2.05) is 12.1 Å². The first kappa shape index (κ1) is 15.0. The summed E-state index contributed by atoms with van der Waals surface area (Å²) in [5.41, 5.74) is 1.19. The molecule has 0 atom stereocenters. The molecule has 21 heavy (non-hydrogen) atoms. The van der Waals surface area contributed by atoms with Gasteiger partial charge in [-0.1, -0.05) is 5.92 Å². The third-order valence-electron chi connectivity index (χ3n) is 3.62. The number of rotatable bonds is 4. The maximum absolute atomic E-state index is 11.5. The Bertz CT molecular complexity index is 499. The van der Waals surface area contributed by atoms with Crippen LogP contribution in [0.4, 0.5) is 10.5 Å².